The summed E-state index contributed by atoms with van der Waals surface area (Å²) in [4.78, 5) is 24.7. The summed E-state index contributed by atoms with van der Waals surface area (Å²) >= 11 is 0. The summed E-state index contributed by atoms with van der Waals surface area (Å²) in [5.41, 5.74) is -0.686. The lowest BCUT2D eigenvalue weighted by Crippen LogP contribution is -2.37. The second-order valence-corrected chi connectivity index (χ2v) is 4.91. The average Bonchev–Trinajstić information content (AvgIpc) is 2.67. The van der Waals surface area contributed by atoms with Gasteiger partial charge < -0.3 is 10.2 Å². The molecule has 0 spiro atoms. The molecular weight excluding hydrogens is 266 g/mol. The molecule has 4 nitrogen and oxygen atoms in total. The second-order valence-electron chi connectivity index (χ2n) is 4.91. The Morgan fingerprint density at radius 3 is 2.55 bits per heavy atom. The van der Waals surface area contributed by atoms with Gasteiger partial charge in [-0.1, -0.05) is 13.8 Å². The van der Waals surface area contributed by atoms with E-state index in [9.17, 15) is 18.4 Å². The molecule has 1 heterocycles. The molecule has 1 unspecified atom stereocenters. The molecule has 1 aliphatic rings. The highest BCUT2D eigenvalue weighted by Gasteiger charge is 2.40. The number of fused-ring (bicyclic) bond motifs is 1. The van der Waals surface area contributed by atoms with Crippen LogP contribution in [-0.2, 0) is 4.79 Å². The number of carbonyl (C=O) groups is 2. The number of hydrogen-bond acceptors (Lipinski definition) is 3. The molecule has 20 heavy (non-hydrogen) atoms. The van der Waals surface area contributed by atoms with E-state index >= 15 is 0 Å². The molecular formula is C14H16F2N2O2. The molecule has 2 rings (SSSR count). The zero-order chi connectivity index (χ0) is 14.9. The van der Waals surface area contributed by atoms with Crippen LogP contribution in [0.5, 0.6) is 0 Å². The van der Waals surface area contributed by atoms with Gasteiger partial charge in [0.2, 0.25) is 0 Å². The van der Waals surface area contributed by atoms with Gasteiger partial charge in [0, 0.05) is 6.54 Å². The van der Waals surface area contributed by atoms with E-state index in [1.807, 2.05) is 13.8 Å². The van der Waals surface area contributed by atoms with Crippen molar-refractivity contribution < 1.29 is 18.4 Å². The summed E-state index contributed by atoms with van der Waals surface area (Å²) in [5, 5.41) is 3.11. The fourth-order valence-corrected chi connectivity index (χ4v) is 2.29. The molecule has 0 aliphatic carbocycles. The van der Waals surface area contributed by atoms with Crippen LogP contribution in [0.1, 0.15) is 24.2 Å². The van der Waals surface area contributed by atoms with E-state index in [4.69, 9.17) is 0 Å². The highest BCUT2D eigenvalue weighted by Crippen LogP contribution is 2.34. The van der Waals surface area contributed by atoms with Crippen LogP contribution in [0, 0.1) is 17.6 Å². The van der Waals surface area contributed by atoms with Gasteiger partial charge in [0.25, 0.3) is 11.7 Å². The highest BCUT2D eigenvalue weighted by molar-refractivity contribution is 6.52. The highest BCUT2D eigenvalue weighted by atomic mass is 19.1. The number of benzene rings is 1. The number of Topliss-reactive ketones (excluding diaryl/α,β-unsaturated/α-hetero) is 1. The summed E-state index contributed by atoms with van der Waals surface area (Å²) in [6.07, 6.45) is 0. The minimum Gasteiger partial charge on any atom is -0.317 e. The lowest BCUT2D eigenvalue weighted by molar-refractivity contribution is -0.114. The topological polar surface area (TPSA) is 49.4 Å². The van der Waals surface area contributed by atoms with Crippen LogP contribution in [0.15, 0.2) is 12.1 Å². The van der Waals surface area contributed by atoms with Crippen molar-refractivity contribution in [1.29, 1.82) is 0 Å². The zero-order valence-electron chi connectivity index (χ0n) is 11.4. The zero-order valence-corrected chi connectivity index (χ0v) is 11.4. The standard InChI is InChI=1S/C14H16F2N2O2/c1-3-17-6-8(2)7-18-12-10(16)5-4-9(15)11(12)13(19)14(18)20/h4-5,8,17H,3,6-7H2,1-2H3. The van der Waals surface area contributed by atoms with E-state index in [2.05, 4.69) is 5.32 Å². The summed E-state index contributed by atoms with van der Waals surface area (Å²) in [6, 6.07) is 1.80. The van der Waals surface area contributed by atoms with Crippen LogP contribution in [-0.4, -0.2) is 31.3 Å². The number of ketones is 1. The van der Waals surface area contributed by atoms with E-state index in [-0.39, 0.29) is 18.2 Å². The van der Waals surface area contributed by atoms with Gasteiger partial charge in [-0.05, 0) is 31.1 Å². The number of halogens is 2. The van der Waals surface area contributed by atoms with Crippen molar-refractivity contribution >= 4 is 17.4 Å². The van der Waals surface area contributed by atoms with E-state index in [0.29, 0.717) is 6.54 Å². The fraction of sp³-hybridized carbons (Fsp3) is 0.429. The second kappa shape index (κ2) is 5.66. The van der Waals surface area contributed by atoms with Crippen molar-refractivity contribution in [3.63, 3.8) is 0 Å². The van der Waals surface area contributed by atoms with Crippen LogP contribution in [0.25, 0.3) is 0 Å². The Hall–Kier alpha value is -1.82. The fourth-order valence-electron chi connectivity index (χ4n) is 2.29. The number of hydrogen-bond donors (Lipinski definition) is 1. The Morgan fingerprint density at radius 1 is 1.25 bits per heavy atom. The van der Waals surface area contributed by atoms with Gasteiger partial charge in [-0.25, -0.2) is 8.78 Å². The largest absolute Gasteiger partial charge is 0.317 e. The van der Waals surface area contributed by atoms with Crippen LogP contribution < -0.4 is 10.2 Å². The van der Waals surface area contributed by atoms with Crippen LogP contribution in [0.2, 0.25) is 0 Å². The first-order chi connectivity index (χ1) is 9.47. The third-order valence-corrected chi connectivity index (χ3v) is 3.25. The van der Waals surface area contributed by atoms with Crippen LogP contribution in [0.4, 0.5) is 14.5 Å². The maximum absolute atomic E-state index is 13.8. The van der Waals surface area contributed by atoms with Gasteiger partial charge in [0.1, 0.15) is 11.6 Å². The van der Waals surface area contributed by atoms with Gasteiger partial charge in [0.15, 0.2) is 0 Å². The maximum Gasteiger partial charge on any atom is 0.299 e. The number of rotatable bonds is 5. The van der Waals surface area contributed by atoms with Crippen molar-refractivity contribution in [2.75, 3.05) is 24.5 Å². The van der Waals surface area contributed by atoms with Gasteiger partial charge in [-0.3, -0.25) is 9.59 Å². The molecule has 0 saturated carbocycles. The lowest BCUT2D eigenvalue weighted by atomic mass is 10.1. The molecule has 0 bridgehead atoms. The number of carbonyl (C=O) groups excluding carboxylic acids is 2. The molecule has 0 aromatic heterocycles. The smallest absolute Gasteiger partial charge is 0.299 e. The Labute approximate surface area is 115 Å². The van der Waals surface area contributed by atoms with E-state index in [0.717, 1.165) is 23.6 Å². The molecule has 0 radical (unpaired) electrons. The van der Waals surface area contributed by atoms with E-state index in [1.165, 1.54) is 0 Å². The molecule has 1 aliphatic heterocycles. The number of anilines is 1. The molecule has 0 saturated heterocycles. The SMILES string of the molecule is CCNCC(C)CN1C(=O)C(=O)c2c(F)ccc(F)c21. The molecule has 1 amide bonds. The van der Waals surface area contributed by atoms with Crippen LogP contribution >= 0.6 is 0 Å². The van der Waals surface area contributed by atoms with Gasteiger partial charge in [-0.15, -0.1) is 0 Å². The van der Waals surface area contributed by atoms with Gasteiger partial charge in [-0.2, -0.15) is 0 Å². The van der Waals surface area contributed by atoms with Gasteiger partial charge in [0.05, 0.1) is 11.3 Å². The molecule has 1 N–H and O–H groups in total. The molecule has 1 atom stereocenters. The van der Waals surface area contributed by atoms with Crippen LogP contribution in [0.3, 0.4) is 0 Å². The van der Waals surface area contributed by atoms with Crippen molar-refractivity contribution in [1.82, 2.24) is 5.32 Å². The monoisotopic (exact) mass is 282 g/mol. The summed E-state index contributed by atoms with van der Waals surface area (Å²) in [6.45, 7) is 5.39. The molecule has 0 fully saturated rings. The third kappa shape index (κ3) is 2.43. The normalized spacial score (nSPS) is 15.7. The predicted molar refractivity (Wildman–Crippen MR) is 70.7 cm³/mol. The first kappa shape index (κ1) is 14.6. The molecule has 1 aromatic carbocycles. The number of nitrogens with one attached hydrogen (secondary N) is 1. The summed E-state index contributed by atoms with van der Waals surface area (Å²) < 4.78 is 27.5. The molecule has 1 aromatic rings. The quantitative estimate of drug-likeness (QED) is 0.837. The van der Waals surface area contributed by atoms with E-state index < -0.39 is 28.9 Å². The molecule has 108 valence electrons. The Kier molecular flexibility index (Phi) is 4.13. The molecule has 6 heteroatoms. The van der Waals surface area contributed by atoms with Crippen molar-refractivity contribution in [2.45, 2.75) is 13.8 Å². The van der Waals surface area contributed by atoms with E-state index in [1.54, 1.807) is 0 Å². The predicted octanol–water partition coefficient (Wildman–Crippen LogP) is 1.74. The maximum atomic E-state index is 13.8. The average molecular weight is 282 g/mol. The first-order valence-corrected chi connectivity index (χ1v) is 6.52. The van der Waals surface area contributed by atoms with Gasteiger partial charge >= 0.3 is 0 Å². The Morgan fingerprint density at radius 2 is 1.90 bits per heavy atom. The first-order valence-electron chi connectivity index (χ1n) is 6.52. The minimum atomic E-state index is -0.979. The van der Waals surface area contributed by atoms with Crippen molar-refractivity contribution in [3.05, 3.63) is 29.3 Å². The minimum absolute atomic E-state index is 0.0142. The lowest BCUT2D eigenvalue weighted by Gasteiger charge is -2.21. The third-order valence-electron chi connectivity index (χ3n) is 3.25. The number of amides is 1. The van der Waals surface area contributed by atoms with Crippen molar-refractivity contribution in [2.24, 2.45) is 5.92 Å². The van der Waals surface area contributed by atoms with Crippen molar-refractivity contribution in [3.8, 4) is 0 Å². The Bertz CT molecular complexity index is 560. The summed E-state index contributed by atoms with van der Waals surface area (Å²) in [5.74, 6) is -3.45. The Balaban J connectivity index is 2.31. The summed E-state index contributed by atoms with van der Waals surface area (Å²) in [7, 11) is 0. The number of nitrogens with zero attached hydrogens (tertiary/aromatic N) is 1.